The Balaban J connectivity index is 1.82. The fourth-order valence-corrected chi connectivity index (χ4v) is 3.72. The Morgan fingerprint density at radius 2 is 1.96 bits per heavy atom. The molecule has 0 amide bonds. The second-order valence-electron chi connectivity index (χ2n) is 6.64. The first-order valence-corrected chi connectivity index (χ1v) is 10.1. The van der Waals surface area contributed by atoms with Crippen molar-refractivity contribution in [2.75, 3.05) is 11.1 Å². The van der Waals surface area contributed by atoms with E-state index in [0.717, 1.165) is 29.0 Å². The highest BCUT2D eigenvalue weighted by Crippen LogP contribution is 2.40. The van der Waals surface area contributed by atoms with Crippen LogP contribution in [0.25, 0.3) is 11.3 Å². The molecule has 1 aliphatic rings. The van der Waals surface area contributed by atoms with Crippen molar-refractivity contribution in [1.82, 2.24) is 15.2 Å². The maximum absolute atomic E-state index is 6.34. The third kappa shape index (κ3) is 3.62. The lowest BCUT2D eigenvalue weighted by molar-refractivity contribution is 0.224. The molecule has 0 bridgehead atoms. The van der Waals surface area contributed by atoms with Crippen LogP contribution < -0.4 is 10.1 Å². The van der Waals surface area contributed by atoms with Crippen molar-refractivity contribution in [3.63, 3.8) is 0 Å². The van der Waals surface area contributed by atoms with Crippen molar-refractivity contribution in [2.45, 2.75) is 38.6 Å². The molecule has 5 nitrogen and oxygen atoms in total. The Morgan fingerprint density at radius 3 is 2.81 bits per heavy atom. The summed E-state index contributed by atoms with van der Waals surface area (Å²) in [7, 11) is 0. The first-order chi connectivity index (χ1) is 13.2. The summed E-state index contributed by atoms with van der Waals surface area (Å²) in [6.07, 6.45) is 0.717. The standard InChI is InChI=1S/C21H22N4OS/c1-4-11-27-21-23-20-18(24-25-21)15-7-5-6-8-17(15)22-19(26-20)16-12-13(2)9-10-14(16)3/h5-10,12,19,22H,4,11H2,1-3H3/t19-/m1/s1. The van der Waals surface area contributed by atoms with Gasteiger partial charge in [0.2, 0.25) is 11.0 Å². The molecule has 0 fully saturated rings. The van der Waals surface area contributed by atoms with Gasteiger partial charge in [0.05, 0.1) is 0 Å². The van der Waals surface area contributed by atoms with Crippen LogP contribution in [-0.4, -0.2) is 20.9 Å². The molecule has 0 saturated heterocycles. The average molecular weight is 379 g/mol. The van der Waals surface area contributed by atoms with Crippen LogP contribution in [0.4, 0.5) is 5.69 Å². The number of aryl methyl sites for hydroxylation is 2. The predicted molar refractivity (Wildman–Crippen MR) is 109 cm³/mol. The molecule has 0 saturated carbocycles. The van der Waals surface area contributed by atoms with Crippen LogP contribution in [0.15, 0.2) is 47.6 Å². The number of para-hydroxylation sites is 1. The van der Waals surface area contributed by atoms with E-state index in [1.807, 2.05) is 24.3 Å². The van der Waals surface area contributed by atoms with Crippen molar-refractivity contribution in [2.24, 2.45) is 0 Å². The molecule has 0 unspecified atom stereocenters. The molecule has 6 heteroatoms. The molecular weight excluding hydrogens is 356 g/mol. The van der Waals surface area contributed by atoms with Crippen LogP contribution in [0.5, 0.6) is 5.88 Å². The summed E-state index contributed by atoms with van der Waals surface area (Å²) in [6, 6.07) is 14.4. The Bertz CT molecular complexity index is 976. The Morgan fingerprint density at radius 1 is 1.11 bits per heavy atom. The number of rotatable bonds is 4. The van der Waals surface area contributed by atoms with E-state index in [2.05, 4.69) is 59.5 Å². The molecule has 2 heterocycles. The fraction of sp³-hybridized carbons (Fsp3) is 0.286. The van der Waals surface area contributed by atoms with Crippen molar-refractivity contribution in [3.05, 3.63) is 59.2 Å². The van der Waals surface area contributed by atoms with Crippen molar-refractivity contribution in [1.29, 1.82) is 0 Å². The molecule has 0 aliphatic carbocycles. The number of hydrogen-bond donors (Lipinski definition) is 1. The number of fused-ring (bicyclic) bond motifs is 3. The number of anilines is 1. The molecule has 2 aromatic carbocycles. The Hall–Kier alpha value is -2.60. The van der Waals surface area contributed by atoms with Crippen molar-refractivity contribution < 1.29 is 4.74 Å². The number of hydrogen-bond acceptors (Lipinski definition) is 6. The van der Waals surface area contributed by atoms with Gasteiger partial charge >= 0.3 is 0 Å². The normalized spacial score (nSPS) is 15.1. The number of nitrogens with zero attached hydrogens (tertiary/aromatic N) is 3. The van der Waals surface area contributed by atoms with Gasteiger partial charge in [-0.2, -0.15) is 4.98 Å². The van der Waals surface area contributed by atoms with Gasteiger partial charge in [0.15, 0.2) is 11.9 Å². The molecule has 1 atom stereocenters. The molecule has 1 N–H and O–H groups in total. The van der Waals surface area contributed by atoms with Gasteiger partial charge in [0.1, 0.15) is 0 Å². The average Bonchev–Trinajstić information content (AvgIpc) is 2.84. The van der Waals surface area contributed by atoms with Gasteiger partial charge in [-0.25, -0.2) is 0 Å². The zero-order valence-electron chi connectivity index (χ0n) is 15.7. The van der Waals surface area contributed by atoms with Crippen molar-refractivity contribution >= 4 is 17.4 Å². The lowest BCUT2D eigenvalue weighted by Crippen LogP contribution is -2.18. The summed E-state index contributed by atoms with van der Waals surface area (Å²) in [5.74, 6) is 1.47. The Kier molecular flexibility index (Phi) is 4.99. The summed E-state index contributed by atoms with van der Waals surface area (Å²) in [4.78, 5) is 4.66. The third-order valence-corrected chi connectivity index (χ3v) is 5.53. The number of aromatic nitrogens is 3. The predicted octanol–water partition coefficient (Wildman–Crippen LogP) is 5.16. The quantitative estimate of drug-likeness (QED) is 0.633. The number of thioether (sulfide) groups is 1. The third-order valence-electron chi connectivity index (χ3n) is 4.49. The van der Waals surface area contributed by atoms with E-state index >= 15 is 0 Å². The van der Waals surface area contributed by atoms with Crippen LogP contribution in [-0.2, 0) is 0 Å². The number of nitrogens with one attached hydrogen (secondary N) is 1. The smallest absolute Gasteiger partial charge is 0.247 e. The minimum atomic E-state index is -0.340. The second-order valence-corrected chi connectivity index (χ2v) is 7.71. The van der Waals surface area contributed by atoms with Crippen LogP contribution in [0.3, 0.4) is 0 Å². The van der Waals surface area contributed by atoms with E-state index < -0.39 is 0 Å². The molecule has 27 heavy (non-hydrogen) atoms. The largest absolute Gasteiger partial charge is 0.448 e. The first-order valence-electron chi connectivity index (χ1n) is 9.13. The maximum Gasteiger partial charge on any atom is 0.247 e. The molecular formula is C21H22N4OS. The number of ether oxygens (including phenoxy) is 1. The highest BCUT2D eigenvalue weighted by molar-refractivity contribution is 7.99. The highest BCUT2D eigenvalue weighted by atomic mass is 32.2. The zero-order chi connectivity index (χ0) is 18.8. The zero-order valence-corrected chi connectivity index (χ0v) is 16.5. The van der Waals surface area contributed by atoms with E-state index in [4.69, 9.17) is 4.74 Å². The van der Waals surface area contributed by atoms with Crippen LogP contribution >= 0.6 is 11.8 Å². The van der Waals surface area contributed by atoms with E-state index in [9.17, 15) is 0 Å². The molecule has 138 valence electrons. The number of benzene rings is 2. The monoisotopic (exact) mass is 378 g/mol. The lowest BCUT2D eigenvalue weighted by atomic mass is 10.0. The van der Waals surface area contributed by atoms with Crippen LogP contribution in [0, 0.1) is 13.8 Å². The second kappa shape index (κ2) is 7.56. The van der Waals surface area contributed by atoms with E-state index in [0.29, 0.717) is 16.7 Å². The minimum absolute atomic E-state index is 0.340. The molecule has 1 aromatic heterocycles. The Labute approximate surface area is 163 Å². The topological polar surface area (TPSA) is 59.9 Å². The fourth-order valence-electron chi connectivity index (χ4n) is 3.08. The minimum Gasteiger partial charge on any atom is -0.448 e. The van der Waals surface area contributed by atoms with Crippen molar-refractivity contribution in [3.8, 4) is 17.1 Å². The molecule has 0 spiro atoms. The summed E-state index contributed by atoms with van der Waals surface area (Å²) in [6.45, 7) is 6.32. The lowest BCUT2D eigenvalue weighted by Gasteiger charge is -2.21. The van der Waals surface area contributed by atoms with E-state index in [1.165, 1.54) is 11.1 Å². The first kappa shape index (κ1) is 17.8. The summed E-state index contributed by atoms with van der Waals surface area (Å²) >= 11 is 1.60. The SMILES string of the molecule is CCCSc1nnc2c(n1)O[C@H](c1cc(C)ccc1C)Nc1ccccc1-2. The molecule has 3 aromatic rings. The van der Waals surface area contributed by atoms with Gasteiger partial charge in [-0.1, -0.05) is 60.6 Å². The summed E-state index contributed by atoms with van der Waals surface area (Å²) in [5.41, 5.74) is 6.05. The van der Waals surface area contributed by atoms with E-state index in [1.54, 1.807) is 11.8 Å². The van der Waals surface area contributed by atoms with Gasteiger partial charge in [-0.15, -0.1) is 10.2 Å². The van der Waals surface area contributed by atoms with Gasteiger partial charge < -0.3 is 10.1 Å². The van der Waals surface area contributed by atoms with Gasteiger partial charge in [0.25, 0.3) is 0 Å². The molecule has 1 aliphatic heterocycles. The van der Waals surface area contributed by atoms with Crippen LogP contribution in [0.2, 0.25) is 0 Å². The van der Waals surface area contributed by atoms with Gasteiger partial charge in [-0.05, 0) is 31.9 Å². The highest BCUT2D eigenvalue weighted by Gasteiger charge is 2.26. The maximum atomic E-state index is 6.34. The van der Waals surface area contributed by atoms with E-state index in [-0.39, 0.29) is 6.23 Å². The summed E-state index contributed by atoms with van der Waals surface area (Å²) < 4.78 is 6.34. The molecule has 0 radical (unpaired) electrons. The molecule has 4 rings (SSSR count). The van der Waals surface area contributed by atoms with Gasteiger partial charge in [-0.3, -0.25) is 0 Å². The van der Waals surface area contributed by atoms with Gasteiger partial charge in [0, 0.05) is 22.6 Å². The summed E-state index contributed by atoms with van der Waals surface area (Å²) in [5, 5.41) is 12.9. The van der Waals surface area contributed by atoms with Crippen LogP contribution in [0.1, 0.15) is 36.3 Å².